The number of hydrogen-bond acceptors (Lipinski definition) is 7. The SMILES string of the molecule is COc1ccccc1[C@@H]1C(C#N)=C(N)N(c2ncn[nH]2)C2=C1C(=O)CC(C)(C)C2. The maximum absolute atomic E-state index is 13.4. The van der Waals surface area contributed by atoms with Crippen molar-refractivity contribution in [2.24, 2.45) is 11.1 Å². The highest BCUT2D eigenvalue weighted by molar-refractivity contribution is 6.01. The number of aromatic nitrogens is 3. The molecule has 1 aromatic carbocycles. The number of nitrogens with two attached hydrogens (primary N) is 1. The molecule has 2 heterocycles. The first-order valence-corrected chi connectivity index (χ1v) is 9.32. The highest BCUT2D eigenvalue weighted by atomic mass is 16.5. The summed E-state index contributed by atoms with van der Waals surface area (Å²) in [7, 11) is 1.57. The standard InChI is InChI=1S/C21H22N6O2/c1-21(2)8-14-18(15(28)9-21)17(12-6-4-5-7-16(12)29-3)13(10-22)19(23)27(14)20-24-11-25-26-20/h4-7,11,17H,8-9,23H2,1-3H3,(H,24,25,26)/t17-/m1/s1. The lowest BCUT2D eigenvalue weighted by molar-refractivity contribution is -0.118. The number of Topliss-reactive ketones (excluding diaryl/α,β-unsaturated/α-hetero) is 1. The lowest BCUT2D eigenvalue weighted by atomic mass is 9.68. The number of hydrogen-bond donors (Lipinski definition) is 2. The number of anilines is 1. The zero-order valence-corrected chi connectivity index (χ0v) is 16.6. The predicted octanol–water partition coefficient (Wildman–Crippen LogP) is 2.75. The van der Waals surface area contributed by atoms with E-state index in [-0.39, 0.29) is 22.6 Å². The van der Waals surface area contributed by atoms with Crippen molar-refractivity contribution in [3.05, 3.63) is 58.8 Å². The first kappa shape index (κ1) is 18.7. The molecule has 0 unspecified atom stereocenters. The Morgan fingerprint density at radius 2 is 2.10 bits per heavy atom. The van der Waals surface area contributed by atoms with Gasteiger partial charge in [0.15, 0.2) is 5.78 Å². The summed E-state index contributed by atoms with van der Waals surface area (Å²) in [4.78, 5) is 19.2. The Kier molecular flexibility index (Phi) is 4.38. The van der Waals surface area contributed by atoms with Crippen LogP contribution in [0.15, 0.2) is 53.3 Å². The summed E-state index contributed by atoms with van der Waals surface area (Å²) in [5.74, 6) is 0.637. The van der Waals surface area contributed by atoms with Gasteiger partial charge in [0.2, 0.25) is 5.95 Å². The number of carbonyl (C=O) groups excluding carboxylic acids is 1. The molecule has 0 saturated carbocycles. The Bertz CT molecular complexity index is 1070. The minimum Gasteiger partial charge on any atom is -0.496 e. The summed E-state index contributed by atoms with van der Waals surface area (Å²) in [6, 6.07) is 9.64. The van der Waals surface area contributed by atoms with Gasteiger partial charge in [-0.05, 0) is 17.9 Å². The quantitative estimate of drug-likeness (QED) is 0.826. The summed E-state index contributed by atoms with van der Waals surface area (Å²) < 4.78 is 5.53. The highest BCUT2D eigenvalue weighted by Gasteiger charge is 2.45. The van der Waals surface area contributed by atoms with E-state index in [0.717, 1.165) is 11.3 Å². The van der Waals surface area contributed by atoms with Crippen LogP contribution in [-0.2, 0) is 4.79 Å². The van der Waals surface area contributed by atoms with Gasteiger partial charge in [-0.25, -0.2) is 5.10 Å². The van der Waals surface area contributed by atoms with Crippen LogP contribution in [0.3, 0.4) is 0 Å². The van der Waals surface area contributed by atoms with Gasteiger partial charge in [0.25, 0.3) is 0 Å². The van der Waals surface area contributed by atoms with Crippen LogP contribution >= 0.6 is 0 Å². The number of ether oxygens (including phenoxy) is 1. The van der Waals surface area contributed by atoms with E-state index < -0.39 is 5.92 Å². The van der Waals surface area contributed by atoms with Crippen molar-refractivity contribution in [1.82, 2.24) is 15.2 Å². The molecular weight excluding hydrogens is 368 g/mol. The molecule has 8 heteroatoms. The van der Waals surface area contributed by atoms with Crippen LogP contribution in [0.1, 0.15) is 38.2 Å². The Labute approximate surface area is 168 Å². The summed E-state index contributed by atoms with van der Waals surface area (Å²) in [6.45, 7) is 4.09. The fourth-order valence-electron chi connectivity index (χ4n) is 4.27. The third-order valence-corrected chi connectivity index (χ3v) is 5.45. The van der Waals surface area contributed by atoms with Gasteiger partial charge in [-0.2, -0.15) is 15.3 Å². The van der Waals surface area contributed by atoms with Crippen LogP contribution < -0.4 is 15.4 Å². The molecule has 4 rings (SSSR count). The Balaban J connectivity index is 2.02. The van der Waals surface area contributed by atoms with E-state index in [2.05, 4.69) is 21.3 Å². The maximum Gasteiger partial charge on any atom is 0.231 e. The van der Waals surface area contributed by atoms with E-state index in [9.17, 15) is 10.1 Å². The number of benzene rings is 1. The van der Waals surface area contributed by atoms with Gasteiger partial charge in [-0.3, -0.25) is 9.69 Å². The van der Waals surface area contributed by atoms with Gasteiger partial charge < -0.3 is 10.5 Å². The maximum atomic E-state index is 13.4. The molecule has 8 nitrogen and oxygen atoms in total. The topological polar surface area (TPSA) is 121 Å². The number of H-pyrrole nitrogens is 1. The molecule has 1 aliphatic carbocycles. The summed E-state index contributed by atoms with van der Waals surface area (Å²) >= 11 is 0. The summed E-state index contributed by atoms with van der Waals surface area (Å²) in [5, 5.41) is 16.7. The third-order valence-electron chi connectivity index (χ3n) is 5.45. The number of nitriles is 1. The number of allylic oxidation sites excluding steroid dienone is 3. The van der Waals surface area contributed by atoms with E-state index in [1.165, 1.54) is 6.33 Å². The molecule has 0 radical (unpaired) electrons. The molecule has 1 aromatic heterocycles. The van der Waals surface area contributed by atoms with Crippen molar-refractivity contribution in [2.45, 2.75) is 32.6 Å². The number of nitrogens with one attached hydrogen (secondary N) is 1. The third kappa shape index (κ3) is 2.95. The van der Waals surface area contributed by atoms with Gasteiger partial charge in [0.05, 0.1) is 24.7 Å². The first-order valence-electron chi connectivity index (χ1n) is 9.32. The van der Waals surface area contributed by atoms with Gasteiger partial charge >= 0.3 is 0 Å². The molecule has 0 amide bonds. The number of aromatic amines is 1. The molecule has 148 valence electrons. The molecule has 2 aromatic rings. The Hall–Kier alpha value is -3.60. The summed E-state index contributed by atoms with van der Waals surface area (Å²) in [5.41, 5.74) is 8.59. The zero-order valence-electron chi connectivity index (χ0n) is 16.6. The van der Waals surface area contributed by atoms with Gasteiger partial charge in [0, 0.05) is 23.3 Å². The molecule has 0 spiro atoms. The first-order chi connectivity index (χ1) is 13.9. The lowest BCUT2D eigenvalue weighted by Gasteiger charge is -2.42. The van der Waals surface area contributed by atoms with E-state index in [1.807, 2.05) is 38.1 Å². The number of ketones is 1. The number of carbonyl (C=O) groups is 1. The van der Waals surface area contributed by atoms with E-state index >= 15 is 0 Å². The van der Waals surface area contributed by atoms with Crippen molar-refractivity contribution in [3.63, 3.8) is 0 Å². The van der Waals surface area contributed by atoms with Crippen molar-refractivity contribution in [1.29, 1.82) is 5.26 Å². The van der Waals surface area contributed by atoms with Crippen molar-refractivity contribution < 1.29 is 9.53 Å². The number of methoxy groups -OCH3 is 1. The fourth-order valence-corrected chi connectivity index (χ4v) is 4.27. The van der Waals surface area contributed by atoms with Crippen LogP contribution in [0, 0.1) is 16.7 Å². The number of nitrogens with zero attached hydrogens (tertiary/aromatic N) is 4. The van der Waals surface area contributed by atoms with Crippen LogP contribution in [0.2, 0.25) is 0 Å². The van der Waals surface area contributed by atoms with E-state index in [0.29, 0.717) is 30.1 Å². The largest absolute Gasteiger partial charge is 0.496 e. The molecule has 2 aliphatic rings. The predicted molar refractivity (Wildman–Crippen MR) is 106 cm³/mol. The molecule has 1 atom stereocenters. The van der Waals surface area contributed by atoms with E-state index in [4.69, 9.17) is 10.5 Å². The van der Waals surface area contributed by atoms with Gasteiger partial charge in [-0.15, -0.1) is 0 Å². The van der Waals surface area contributed by atoms with Crippen LogP contribution in [0.5, 0.6) is 5.75 Å². The second-order valence-corrected chi connectivity index (χ2v) is 8.03. The second kappa shape index (κ2) is 6.78. The minimum atomic E-state index is -0.589. The van der Waals surface area contributed by atoms with Gasteiger partial charge in [0.1, 0.15) is 17.9 Å². The smallest absolute Gasteiger partial charge is 0.231 e. The summed E-state index contributed by atoms with van der Waals surface area (Å²) in [6.07, 6.45) is 2.37. The van der Waals surface area contributed by atoms with Crippen molar-refractivity contribution in [2.75, 3.05) is 12.0 Å². The minimum absolute atomic E-state index is 0.00285. The van der Waals surface area contributed by atoms with Crippen molar-refractivity contribution >= 4 is 11.7 Å². The van der Waals surface area contributed by atoms with Crippen LogP contribution in [0.25, 0.3) is 0 Å². The van der Waals surface area contributed by atoms with Crippen molar-refractivity contribution in [3.8, 4) is 11.8 Å². The van der Waals surface area contributed by atoms with Gasteiger partial charge in [-0.1, -0.05) is 32.0 Å². The molecule has 1 aliphatic heterocycles. The second-order valence-electron chi connectivity index (χ2n) is 8.03. The van der Waals surface area contributed by atoms with E-state index in [1.54, 1.807) is 12.0 Å². The Morgan fingerprint density at radius 3 is 2.76 bits per heavy atom. The van der Waals surface area contributed by atoms with Crippen LogP contribution in [-0.4, -0.2) is 28.1 Å². The molecule has 29 heavy (non-hydrogen) atoms. The zero-order chi connectivity index (χ0) is 20.8. The Morgan fingerprint density at radius 1 is 1.34 bits per heavy atom. The normalized spacial score (nSPS) is 21.1. The lowest BCUT2D eigenvalue weighted by Crippen LogP contribution is -2.42. The fraction of sp³-hybridized carbons (Fsp3) is 0.333. The van der Waals surface area contributed by atoms with Crippen LogP contribution in [0.4, 0.5) is 5.95 Å². The molecule has 0 bridgehead atoms. The monoisotopic (exact) mass is 390 g/mol. The molecule has 0 saturated heterocycles. The average molecular weight is 390 g/mol. The molecule has 3 N–H and O–H groups in total. The number of para-hydroxylation sites is 1. The molecule has 0 fully saturated rings. The number of rotatable bonds is 3. The molecular formula is C21H22N6O2. The highest BCUT2D eigenvalue weighted by Crippen LogP contribution is 2.50. The average Bonchev–Trinajstić information content (AvgIpc) is 3.20.